The molecule has 0 atom stereocenters. The van der Waals surface area contributed by atoms with Crippen molar-refractivity contribution in [2.45, 2.75) is 0 Å². The summed E-state index contributed by atoms with van der Waals surface area (Å²) in [5, 5.41) is 28.6. The van der Waals surface area contributed by atoms with Crippen molar-refractivity contribution in [3.05, 3.63) is 59.7 Å². The van der Waals surface area contributed by atoms with E-state index in [9.17, 15) is 20.1 Å². The van der Waals surface area contributed by atoms with E-state index in [1.165, 1.54) is 36.4 Å². The van der Waals surface area contributed by atoms with Crippen molar-refractivity contribution in [2.75, 3.05) is 0 Å². The van der Waals surface area contributed by atoms with E-state index >= 15 is 0 Å². The van der Waals surface area contributed by atoms with Crippen LogP contribution in [0.4, 0.5) is 0 Å². The zero-order chi connectivity index (χ0) is 13.8. The maximum Gasteiger partial charge on any atom is 0.143 e. The molecule has 0 amide bonds. The normalized spacial score (nSPS) is 11.3. The lowest BCUT2D eigenvalue weighted by atomic mass is 9.96. The van der Waals surface area contributed by atoms with Crippen LogP contribution in [0.1, 0.15) is 11.1 Å². The summed E-state index contributed by atoms with van der Waals surface area (Å²) in [5.74, 6) is -0.147. The second kappa shape index (κ2) is 5.27. The molecule has 0 aromatic heterocycles. The van der Waals surface area contributed by atoms with Crippen molar-refractivity contribution in [2.24, 2.45) is 0 Å². The van der Waals surface area contributed by atoms with Crippen LogP contribution in [0.2, 0.25) is 0 Å². The second-order valence-corrected chi connectivity index (χ2v) is 3.97. The Kier molecular flexibility index (Phi) is 3.52. The fourth-order valence-electron chi connectivity index (χ4n) is 1.83. The number of phenolic OH excluding ortho intramolecular Hbond substituents is 3. The highest BCUT2D eigenvalue weighted by Crippen LogP contribution is 2.33. The number of phenols is 3. The molecule has 0 saturated heterocycles. The summed E-state index contributed by atoms with van der Waals surface area (Å²) < 4.78 is 0. The first-order valence-electron chi connectivity index (χ1n) is 5.59. The molecule has 3 N–H and O–H groups in total. The fraction of sp³-hybridized carbons (Fsp3) is 0. The number of allylic oxidation sites excluding steroid dienone is 1. The van der Waals surface area contributed by atoms with Gasteiger partial charge in [0.05, 0.1) is 0 Å². The van der Waals surface area contributed by atoms with Gasteiger partial charge in [-0.05, 0) is 41.5 Å². The Balaban J connectivity index is 2.58. The molecule has 0 bridgehead atoms. The Morgan fingerprint density at radius 1 is 0.947 bits per heavy atom. The number of aromatic hydroxyl groups is 3. The molecule has 0 saturated carbocycles. The molecule has 0 radical (unpaired) electrons. The van der Waals surface area contributed by atoms with E-state index in [0.29, 0.717) is 23.0 Å². The first-order valence-corrected chi connectivity index (χ1v) is 5.59. The molecule has 0 heterocycles. The van der Waals surface area contributed by atoms with E-state index in [0.717, 1.165) is 0 Å². The zero-order valence-electron chi connectivity index (χ0n) is 9.95. The molecule has 2 aromatic rings. The molecule has 0 aliphatic heterocycles. The van der Waals surface area contributed by atoms with Crippen LogP contribution in [0.25, 0.3) is 5.57 Å². The van der Waals surface area contributed by atoms with Crippen molar-refractivity contribution in [3.63, 3.8) is 0 Å². The van der Waals surface area contributed by atoms with Gasteiger partial charge in [-0.3, -0.25) is 4.79 Å². The Bertz CT molecular complexity index is 644. The molecule has 96 valence electrons. The van der Waals surface area contributed by atoms with Gasteiger partial charge in [0.25, 0.3) is 0 Å². The summed E-state index contributed by atoms with van der Waals surface area (Å²) in [4.78, 5) is 10.8. The molecule has 0 unspecified atom stereocenters. The molecular weight excluding hydrogens is 244 g/mol. The minimum Gasteiger partial charge on any atom is -0.508 e. The molecule has 2 aromatic carbocycles. The predicted molar refractivity (Wildman–Crippen MR) is 71.0 cm³/mol. The van der Waals surface area contributed by atoms with E-state index in [1.54, 1.807) is 12.1 Å². The summed E-state index contributed by atoms with van der Waals surface area (Å²) in [6.07, 6.45) is 1.90. The lowest BCUT2D eigenvalue weighted by Gasteiger charge is -2.10. The minimum atomic E-state index is -0.142. The highest BCUT2D eigenvalue weighted by atomic mass is 16.3. The molecule has 0 aliphatic carbocycles. The SMILES string of the molecule is O=C/C=C(\c1cccc(O)c1)c1ccc(O)cc1O. The molecule has 4 nitrogen and oxygen atoms in total. The van der Waals surface area contributed by atoms with Gasteiger partial charge in [-0.25, -0.2) is 0 Å². The van der Waals surface area contributed by atoms with Crippen molar-refractivity contribution in [3.8, 4) is 17.2 Å². The van der Waals surface area contributed by atoms with Gasteiger partial charge in [-0.1, -0.05) is 12.1 Å². The van der Waals surface area contributed by atoms with Gasteiger partial charge in [-0.2, -0.15) is 0 Å². The quantitative estimate of drug-likeness (QED) is 0.582. The molecule has 4 heteroatoms. The number of aldehydes is 1. The molecule has 0 spiro atoms. The summed E-state index contributed by atoms with van der Waals surface area (Å²) >= 11 is 0. The summed E-state index contributed by atoms with van der Waals surface area (Å²) in [5.41, 5.74) is 1.45. The topological polar surface area (TPSA) is 77.8 Å². The zero-order valence-corrected chi connectivity index (χ0v) is 9.95. The van der Waals surface area contributed by atoms with Crippen LogP contribution in [-0.2, 0) is 4.79 Å². The van der Waals surface area contributed by atoms with Gasteiger partial charge in [0.2, 0.25) is 0 Å². The van der Waals surface area contributed by atoms with Crippen molar-refractivity contribution in [1.29, 1.82) is 0 Å². The predicted octanol–water partition coefficient (Wildman–Crippen LogP) is 2.43. The molecule has 19 heavy (non-hydrogen) atoms. The van der Waals surface area contributed by atoms with Crippen LogP contribution in [0.5, 0.6) is 17.2 Å². The number of benzene rings is 2. The molecule has 0 aliphatic rings. The summed E-state index contributed by atoms with van der Waals surface area (Å²) in [6.45, 7) is 0. The van der Waals surface area contributed by atoms with E-state index in [2.05, 4.69) is 0 Å². The van der Waals surface area contributed by atoms with Gasteiger partial charge < -0.3 is 15.3 Å². The molecule has 2 rings (SSSR count). The number of carbonyl (C=O) groups excluding carboxylic acids is 1. The van der Waals surface area contributed by atoms with Gasteiger partial charge in [0, 0.05) is 11.6 Å². The summed E-state index contributed by atoms with van der Waals surface area (Å²) in [7, 11) is 0. The van der Waals surface area contributed by atoms with Gasteiger partial charge in [-0.15, -0.1) is 0 Å². The van der Waals surface area contributed by atoms with E-state index in [4.69, 9.17) is 0 Å². The minimum absolute atomic E-state index is 0.0626. The standard InChI is InChI=1S/C15H12O4/c16-7-6-13(10-2-1-3-11(17)8-10)14-5-4-12(18)9-15(14)19/h1-9,17-19H/b13-6+. The van der Waals surface area contributed by atoms with Crippen LogP contribution >= 0.6 is 0 Å². The Morgan fingerprint density at radius 2 is 1.68 bits per heavy atom. The third-order valence-electron chi connectivity index (χ3n) is 2.66. The van der Waals surface area contributed by atoms with E-state index in [1.807, 2.05) is 0 Å². The summed E-state index contributed by atoms with van der Waals surface area (Å²) in [6, 6.07) is 10.5. The lowest BCUT2D eigenvalue weighted by molar-refractivity contribution is -0.104. The second-order valence-electron chi connectivity index (χ2n) is 3.97. The van der Waals surface area contributed by atoms with Crippen LogP contribution in [-0.4, -0.2) is 21.6 Å². The number of rotatable bonds is 3. The third-order valence-corrected chi connectivity index (χ3v) is 2.66. The monoisotopic (exact) mass is 256 g/mol. The molecular formula is C15H12O4. The van der Waals surface area contributed by atoms with Crippen molar-refractivity contribution >= 4 is 11.9 Å². The Hall–Kier alpha value is -2.75. The highest BCUT2D eigenvalue weighted by Gasteiger charge is 2.10. The largest absolute Gasteiger partial charge is 0.508 e. The fourth-order valence-corrected chi connectivity index (χ4v) is 1.83. The lowest BCUT2D eigenvalue weighted by Crippen LogP contribution is -1.89. The number of hydrogen-bond donors (Lipinski definition) is 3. The van der Waals surface area contributed by atoms with Crippen LogP contribution in [0.3, 0.4) is 0 Å². The average Bonchev–Trinajstić information content (AvgIpc) is 2.37. The Labute approximate surface area is 109 Å². The van der Waals surface area contributed by atoms with Gasteiger partial charge >= 0.3 is 0 Å². The van der Waals surface area contributed by atoms with Gasteiger partial charge in [0.15, 0.2) is 0 Å². The maximum absolute atomic E-state index is 10.8. The third kappa shape index (κ3) is 2.74. The van der Waals surface area contributed by atoms with Crippen LogP contribution in [0.15, 0.2) is 48.5 Å². The Morgan fingerprint density at radius 3 is 2.32 bits per heavy atom. The number of carbonyl (C=O) groups is 1. The van der Waals surface area contributed by atoms with Crippen molar-refractivity contribution < 1.29 is 20.1 Å². The van der Waals surface area contributed by atoms with E-state index < -0.39 is 0 Å². The number of hydrogen-bond acceptors (Lipinski definition) is 4. The van der Waals surface area contributed by atoms with Crippen molar-refractivity contribution in [1.82, 2.24) is 0 Å². The average molecular weight is 256 g/mol. The van der Waals surface area contributed by atoms with Crippen LogP contribution < -0.4 is 0 Å². The maximum atomic E-state index is 10.8. The van der Waals surface area contributed by atoms with Gasteiger partial charge in [0.1, 0.15) is 23.5 Å². The smallest absolute Gasteiger partial charge is 0.143 e. The first-order chi connectivity index (χ1) is 9.11. The highest BCUT2D eigenvalue weighted by molar-refractivity contribution is 5.91. The van der Waals surface area contributed by atoms with E-state index in [-0.39, 0.29) is 17.2 Å². The molecule has 0 fully saturated rings. The first kappa shape index (κ1) is 12.7. The van der Waals surface area contributed by atoms with Crippen LogP contribution in [0, 0.1) is 0 Å².